The monoisotopic (exact) mass is 284 g/mol. The summed E-state index contributed by atoms with van der Waals surface area (Å²) in [5.74, 6) is 0.102. The second-order valence-corrected chi connectivity index (χ2v) is 5.59. The lowest BCUT2D eigenvalue weighted by atomic mass is 10.1. The molecule has 2 saturated heterocycles. The zero-order valence-corrected chi connectivity index (χ0v) is 13.5. The minimum absolute atomic E-state index is 0.102. The molecule has 2 rings (SSSR count). The van der Waals surface area contributed by atoms with Gasteiger partial charge in [-0.3, -0.25) is 4.79 Å². The van der Waals surface area contributed by atoms with Crippen molar-refractivity contribution >= 4 is 5.91 Å². The highest BCUT2D eigenvalue weighted by atomic mass is 16.1. The lowest BCUT2D eigenvalue weighted by Crippen LogP contribution is -2.43. The third-order valence-corrected chi connectivity index (χ3v) is 4.10. The van der Waals surface area contributed by atoms with Gasteiger partial charge >= 0.3 is 0 Å². The van der Waals surface area contributed by atoms with Gasteiger partial charge < -0.3 is 20.4 Å². The van der Waals surface area contributed by atoms with Crippen LogP contribution in [0.5, 0.6) is 0 Å². The Balaban J connectivity index is 0.000000217. The van der Waals surface area contributed by atoms with E-state index in [1.54, 1.807) is 6.92 Å². The summed E-state index contributed by atoms with van der Waals surface area (Å²) in [7, 11) is 0. The molecule has 0 unspecified atom stereocenters. The van der Waals surface area contributed by atoms with Crippen LogP contribution in [-0.4, -0.2) is 74.1 Å². The number of nitrogens with one attached hydrogen (secondary N) is 2. The number of rotatable bonds is 3. The molecule has 0 bridgehead atoms. The summed E-state index contributed by atoms with van der Waals surface area (Å²) in [4.78, 5) is 15.6. The lowest BCUT2D eigenvalue weighted by Gasteiger charge is -2.31. The minimum atomic E-state index is 0.102. The number of hydrogen-bond acceptors (Lipinski definition) is 4. The molecular formula is C15H32N4O. The van der Waals surface area contributed by atoms with Crippen molar-refractivity contribution in [3.63, 3.8) is 0 Å². The topological polar surface area (TPSA) is 47.6 Å². The van der Waals surface area contributed by atoms with Crippen LogP contribution >= 0.6 is 0 Å². The molecule has 2 aliphatic rings. The fraction of sp³-hybridized carbons (Fsp3) is 0.933. The summed E-state index contributed by atoms with van der Waals surface area (Å²) in [6, 6.07) is 0.422. The maximum atomic E-state index is 10.7. The Hall–Kier alpha value is -0.650. The van der Waals surface area contributed by atoms with Crippen LogP contribution < -0.4 is 10.6 Å². The van der Waals surface area contributed by atoms with Crippen LogP contribution in [0.2, 0.25) is 0 Å². The van der Waals surface area contributed by atoms with E-state index in [2.05, 4.69) is 34.3 Å². The van der Waals surface area contributed by atoms with Gasteiger partial charge in [-0.1, -0.05) is 13.8 Å². The van der Waals surface area contributed by atoms with E-state index in [9.17, 15) is 4.79 Å². The highest BCUT2D eigenvalue weighted by Gasteiger charge is 2.17. The van der Waals surface area contributed by atoms with E-state index in [0.717, 1.165) is 32.5 Å². The molecule has 0 aromatic carbocycles. The van der Waals surface area contributed by atoms with Crippen LogP contribution in [0.15, 0.2) is 0 Å². The first kappa shape index (κ1) is 17.4. The molecule has 5 heteroatoms. The summed E-state index contributed by atoms with van der Waals surface area (Å²) >= 11 is 0. The molecule has 0 aromatic rings. The van der Waals surface area contributed by atoms with Crippen molar-refractivity contribution in [3.05, 3.63) is 0 Å². The van der Waals surface area contributed by atoms with E-state index in [1.807, 2.05) is 0 Å². The number of likely N-dealkylation sites (N-methyl/N-ethyl adjacent to an activating group) is 1. The van der Waals surface area contributed by atoms with Crippen LogP contribution in [0.25, 0.3) is 0 Å². The van der Waals surface area contributed by atoms with Gasteiger partial charge in [0.25, 0.3) is 0 Å². The van der Waals surface area contributed by atoms with Gasteiger partial charge in [-0.25, -0.2) is 0 Å². The number of nitrogens with zero attached hydrogens (tertiary/aromatic N) is 2. The van der Waals surface area contributed by atoms with Gasteiger partial charge in [0, 0.05) is 52.2 Å². The van der Waals surface area contributed by atoms with Crippen molar-refractivity contribution in [2.75, 3.05) is 52.4 Å². The Morgan fingerprint density at radius 3 is 1.95 bits per heavy atom. The second kappa shape index (κ2) is 10.1. The van der Waals surface area contributed by atoms with Crippen LogP contribution in [-0.2, 0) is 4.79 Å². The zero-order chi connectivity index (χ0) is 14.8. The highest BCUT2D eigenvalue weighted by molar-refractivity contribution is 5.73. The van der Waals surface area contributed by atoms with E-state index in [-0.39, 0.29) is 5.91 Å². The average Bonchev–Trinajstić information content (AvgIpc) is 2.49. The molecule has 0 aromatic heterocycles. The summed E-state index contributed by atoms with van der Waals surface area (Å²) in [6.07, 6.45) is 2.21. The molecule has 5 nitrogen and oxygen atoms in total. The zero-order valence-electron chi connectivity index (χ0n) is 13.5. The van der Waals surface area contributed by atoms with E-state index < -0.39 is 0 Å². The van der Waals surface area contributed by atoms with Gasteiger partial charge in [0.1, 0.15) is 0 Å². The predicted molar refractivity (Wildman–Crippen MR) is 83.9 cm³/mol. The van der Waals surface area contributed by atoms with Crippen molar-refractivity contribution in [1.29, 1.82) is 0 Å². The summed E-state index contributed by atoms with van der Waals surface area (Å²) in [5, 5.41) is 6.27. The standard InChI is InChI=1S/C9H18N2O.C6H14N2/c1-3-11-6-4-9(5-7-11)10-8(2)12;1-2-8-5-3-7-4-6-8/h9H,3-7H2,1-2H3,(H,10,12);7H,2-6H2,1H3. The molecule has 0 spiro atoms. The van der Waals surface area contributed by atoms with Crippen molar-refractivity contribution < 1.29 is 4.79 Å². The van der Waals surface area contributed by atoms with Crippen LogP contribution in [0, 0.1) is 0 Å². The Morgan fingerprint density at radius 1 is 1.05 bits per heavy atom. The number of piperidine rings is 1. The van der Waals surface area contributed by atoms with Crippen molar-refractivity contribution in [1.82, 2.24) is 20.4 Å². The number of piperazine rings is 1. The number of hydrogen-bond donors (Lipinski definition) is 2. The van der Waals surface area contributed by atoms with Gasteiger partial charge in [0.05, 0.1) is 0 Å². The first-order chi connectivity index (χ1) is 9.65. The van der Waals surface area contributed by atoms with Crippen LogP contribution in [0.3, 0.4) is 0 Å². The van der Waals surface area contributed by atoms with Crippen molar-refractivity contribution in [3.8, 4) is 0 Å². The summed E-state index contributed by atoms with van der Waals surface area (Å²) in [6.45, 7) is 15.4. The van der Waals surface area contributed by atoms with Gasteiger partial charge in [0.2, 0.25) is 5.91 Å². The van der Waals surface area contributed by atoms with Crippen molar-refractivity contribution in [2.45, 2.75) is 39.7 Å². The second-order valence-electron chi connectivity index (χ2n) is 5.59. The Kier molecular flexibility index (Phi) is 8.82. The predicted octanol–water partition coefficient (Wildman–Crippen LogP) is 0.518. The maximum Gasteiger partial charge on any atom is 0.217 e. The molecule has 0 atom stereocenters. The molecule has 0 radical (unpaired) electrons. The summed E-state index contributed by atoms with van der Waals surface area (Å²) in [5.41, 5.74) is 0. The number of amides is 1. The molecular weight excluding hydrogens is 252 g/mol. The van der Waals surface area contributed by atoms with E-state index in [0.29, 0.717) is 6.04 Å². The average molecular weight is 284 g/mol. The lowest BCUT2D eigenvalue weighted by molar-refractivity contribution is -0.119. The number of likely N-dealkylation sites (tertiary alicyclic amines) is 1. The Morgan fingerprint density at radius 2 is 1.55 bits per heavy atom. The third-order valence-electron chi connectivity index (χ3n) is 4.10. The fourth-order valence-electron chi connectivity index (χ4n) is 2.71. The van der Waals surface area contributed by atoms with Crippen molar-refractivity contribution in [2.24, 2.45) is 0 Å². The van der Waals surface area contributed by atoms with Gasteiger partial charge in [-0.05, 0) is 25.9 Å². The van der Waals surface area contributed by atoms with Gasteiger partial charge in [-0.2, -0.15) is 0 Å². The highest BCUT2D eigenvalue weighted by Crippen LogP contribution is 2.09. The molecule has 2 heterocycles. The Bertz CT molecular complexity index is 259. The number of carbonyl (C=O) groups is 1. The number of carbonyl (C=O) groups excluding carboxylic acids is 1. The first-order valence-electron chi connectivity index (χ1n) is 8.08. The quantitative estimate of drug-likeness (QED) is 0.793. The molecule has 2 aliphatic heterocycles. The third kappa shape index (κ3) is 7.22. The smallest absolute Gasteiger partial charge is 0.217 e. The van der Waals surface area contributed by atoms with Gasteiger partial charge in [0.15, 0.2) is 0 Å². The fourth-order valence-corrected chi connectivity index (χ4v) is 2.71. The normalized spacial score (nSPS) is 21.9. The van der Waals surface area contributed by atoms with Crippen LogP contribution in [0.1, 0.15) is 33.6 Å². The molecule has 0 aliphatic carbocycles. The Labute approximate surface area is 124 Å². The largest absolute Gasteiger partial charge is 0.354 e. The molecule has 0 saturated carbocycles. The molecule has 1 amide bonds. The van der Waals surface area contributed by atoms with Gasteiger partial charge in [-0.15, -0.1) is 0 Å². The molecule has 118 valence electrons. The van der Waals surface area contributed by atoms with E-state index in [4.69, 9.17) is 0 Å². The first-order valence-corrected chi connectivity index (χ1v) is 8.08. The van der Waals surface area contributed by atoms with E-state index >= 15 is 0 Å². The molecule has 2 N–H and O–H groups in total. The molecule has 2 fully saturated rings. The van der Waals surface area contributed by atoms with E-state index in [1.165, 1.54) is 32.7 Å². The summed E-state index contributed by atoms with van der Waals surface area (Å²) < 4.78 is 0. The minimum Gasteiger partial charge on any atom is -0.354 e. The SMILES string of the molecule is CCN1CCC(NC(C)=O)CC1.CCN1CCNCC1. The molecule has 20 heavy (non-hydrogen) atoms. The maximum absolute atomic E-state index is 10.7. The van der Waals surface area contributed by atoms with Crippen LogP contribution in [0.4, 0.5) is 0 Å².